The third kappa shape index (κ3) is 5.84. The maximum absolute atomic E-state index is 13.1. The Morgan fingerprint density at radius 2 is 1.83 bits per heavy atom. The van der Waals surface area contributed by atoms with Crippen molar-refractivity contribution in [3.63, 3.8) is 0 Å². The van der Waals surface area contributed by atoms with E-state index >= 15 is 0 Å². The van der Waals surface area contributed by atoms with Crippen LogP contribution in [0.25, 0.3) is 0 Å². The first kappa shape index (κ1) is 18.3. The van der Waals surface area contributed by atoms with Crippen LogP contribution in [-0.2, 0) is 10.0 Å². The summed E-state index contributed by atoms with van der Waals surface area (Å²) in [6.07, 6.45) is 1.74. The minimum atomic E-state index is -3.61. The Labute approximate surface area is 138 Å². The van der Waals surface area contributed by atoms with Gasteiger partial charge in [0.15, 0.2) is 0 Å². The molecule has 1 aromatic rings. The predicted molar refractivity (Wildman–Crippen MR) is 89.4 cm³/mol. The standard InChI is InChI=1S/C16H26FN3O2S/c1-2-19-10-12-20(13-11-19)9-4-3-8-18-23(21,22)16-7-5-6-15(17)14-16/h5-7,14,18H,2-4,8-13H2,1H3. The molecule has 1 fully saturated rings. The first-order valence-electron chi connectivity index (χ1n) is 8.21. The first-order chi connectivity index (χ1) is 11.0. The molecule has 7 heteroatoms. The van der Waals surface area contributed by atoms with Crippen LogP contribution in [0.15, 0.2) is 29.2 Å². The Bertz CT molecular complexity index is 587. The molecular formula is C16H26FN3O2S. The van der Waals surface area contributed by atoms with Gasteiger partial charge in [-0.15, -0.1) is 0 Å². The van der Waals surface area contributed by atoms with Gasteiger partial charge in [-0.3, -0.25) is 0 Å². The van der Waals surface area contributed by atoms with Crippen LogP contribution in [0.4, 0.5) is 4.39 Å². The average molecular weight is 343 g/mol. The lowest BCUT2D eigenvalue weighted by molar-refractivity contribution is 0.136. The Kier molecular flexibility index (Phi) is 6.95. The van der Waals surface area contributed by atoms with E-state index < -0.39 is 15.8 Å². The van der Waals surface area contributed by atoms with Crippen LogP contribution >= 0.6 is 0 Å². The van der Waals surface area contributed by atoms with Crippen molar-refractivity contribution >= 4 is 10.0 Å². The first-order valence-corrected chi connectivity index (χ1v) is 9.69. The lowest BCUT2D eigenvalue weighted by Gasteiger charge is -2.33. The molecule has 0 spiro atoms. The fourth-order valence-electron chi connectivity index (χ4n) is 2.71. The van der Waals surface area contributed by atoms with E-state index in [0.717, 1.165) is 58.2 Å². The molecule has 1 aliphatic heterocycles. The zero-order valence-electron chi connectivity index (χ0n) is 13.7. The van der Waals surface area contributed by atoms with Gasteiger partial charge >= 0.3 is 0 Å². The topological polar surface area (TPSA) is 52.6 Å². The van der Waals surface area contributed by atoms with Crippen molar-refractivity contribution in [1.29, 1.82) is 0 Å². The molecule has 0 amide bonds. The SMILES string of the molecule is CCN1CCN(CCCCNS(=O)(=O)c2cccc(F)c2)CC1. The van der Waals surface area contributed by atoms with Gasteiger partial charge in [-0.25, -0.2) is 17.5 Å². The fourth-order valence-corrected chi connectivity index (χ4v) is 3.82. The minimum absolute atomic E-state index is 0.0202. The van der Waals surface area contributed by atoms with Crippen molar-refractivity contribution in [3.8, 4) is 0 Å². The van der Waals surface area contributed by atoms with Crippen molar-refractivity contribution in [1.82, 2.24) is 14.5 Å². The molecule has 2 rings (SSSR count). The van der Waals surface area contributed by atoms with Gasteiger partial charge in [-0.05, 0) is 44.1 Å². The number of rotatable bonds is 8. The molecule has 5 nitrogen and oxygen atoms in total. The summed E-state index contributed by atoms with van der Waals surface area (Å²) in [5.41, 5.74) is 0. The monoisotopic (exact) mass is 343 g/mol. The fraction of sp³-hybridized carbons (Fsp3) is 0.625. The highest BCUT2D eigenvalue weighted by molar-refractivity contribution is 7.89. The highest BCUT2D eigenvalue weighted by atomic mass is 32.2. The lowest BCUT2D eigenvalue weighted by Crippen LogP contribution is -2.46. The normalized spacial score (nSPS) is 17.5. The van der Waals surface area contributed by atoms with Gasteiger partial charge < -0.3 is 9.80 Å². The van der Waals surface area contributed by atoms with Crippen LogP contribution < -0.4 is 4.72 Å². The quantitative estimate of drug-likeness (QED) is 0.727. The van der Waals surface area contributed by atoms with Gasteiger partial charge in [0.2, 0.25) is 10.0 Å². The molecule has 0 unspecified atom stereocenters. The summed E-state index contributed by atoms with van der Waals surface area (Å²) in [6, 6.07) is 5.07. The lowest BCUT2D eigenvalue weighted by atomic mass is 10.2. The molecular weight excluding hydrogens is 317 g/mol. The Hall–Kier alpha value is -1.02. The van der Waals surface area contributed by atoms with Crippen molar-refractivity contribution in [2.24, 2.45) is 0 Å². The highest BCUT2D eigenvalue weighted by Gasteiger charge is 2.16. The molecule has 0 radical (unpaired) electrons. The Balaban J connectivity index is 1.65. The van der Waals surface area contributed by atoms with Gasteiger partial charge in [-0.1, -0.05) is 13.0 Å². The van der Waals surface area contributed by atoms with E-state index in [1.54, 1.807) is 0 Å². The zero-order chi connectivity index (χ0) is 16.7. The van der Waals surface area contributed by atoms with E-state index in [1.807, 2.05) is 0 Å². The summed E-state index contributed by atoms with van der Waals surface area (Å²) in [4.78, 5) is 4.84. The number of benzene rings is 1. The largest absolute Gasteiger partial charge is 0.301 e. The van der Waals surface area contributed by atoms with Crippen molar-refractivity contribution < 1.29 is 12.8 Å². The van der Waals surface area contributed by atoms with Gasteiger partial charge in [-0.2, -0.15) is 0 Å². The van der Waals surface area contributed by atoms with Gasteiger partial charge in [0.25, 0.3) is 0 Å². The predicted octanol–water partition coefficient (Wildman–Crippen LogP) is 1.52. The van der Waals surface area contributed by atoms with Crippen LogP contribution in [-0.4, -0.2) is 64.0 Å². The van der Waals surface area contributed by atoms with Gasteiger partial charge in [0.1, 0.15) is 5.82 Å². The minimum Gasteiger partial charge on any atom is -0.301 e. The molecule has 1 heterocycles. The number of hydrogen-bond donors (Lipinski definition) is 1. The van der Waals surface area contributed by atoms with Gasteiger partial charge in [0, 0.05) is 32.7 Å². The highest BCUT2D eigenvalue weighted by Crippen LogP contribution is 2.10. The van der Waals surface area contributed by atoms with Crippen LogP contribution in [0.3, 0.4) is 0 Å². The number of halogens is 1. The molecule has 130 valence electrons. The second-order valence-corrected chi connectivity index (χ2v) is 7.61. The number of hydrogen-bond acceptors (Lipinski definition) is 4. The van der Waals surface area contributed by atoms with Crippen LogP contribution in [0, 0.1) is 5.82 Å². The molecule has 0 aromatic heterocycles. The summed E-state index contributed by atoms with van der Waals surface area (Å²) < 4.78 is 39.7. The number of piperazine rings is 1. The van der Waals surface area contributed by atoms with Crippen molar-refractivity contribution in [3.05, 3.63) is 30.1 Å². The molecule has 1 N–H and O–H groups in total. The van der Waals surface area contributed by atoms with Crippen molar-refractivity contribution in [2.75, 3.05) is 45.8 Å². The number of nitrogens with one attached hydrogen (secondary N) is 1. The molecule has 1 aliphatic rings. The number of nitrogens with zero attached hydrogens (tertiary/aromatic N) is 2. The summed E-state index contributed by atoms with van der Waals surface area (Å²) in [7, 11) is -3.61. The second-order valence-electron chi connectivity index (χ2n) is 5.84. The summed E-state index contributed by atoms with van der Waals surface area (Å²) in [5.74, 6) is -0.543. The average Bonchev–Trinajstić information content (AvgIpc) is 2.55. The molecule has 23 heavy (non-hydrogen) atoms. The Morgan fingerprint density at radius 1 is 1.13 bits per heavy atom. The molecule has 0 atom stereocenters. The smallest absolute Gasteiger partial charge is 0.240 e. The summed E-state index contributed by atoms with van der Waals surface area (Å²) in [5, 5.41) is 0. The van der Waals surface area contributed by atoms with Crippen LogP contribution in [0.5, 0.6) is 0 Å². The molecule has 0 saturated carbocycles. The van der Waals surface area contributed by atoms with Crippen LogP contribution in [0.1, 0.15) is 19.8 Å². The number of likely N-dealkylation sites (N-methyl/N-ethyl adjacent to an activating group) is 1. The summed E-state index contributed by atoms with van der Waals surface area (Å²) >= 11 is 0. The third-order valence-electron chi connectivity index (χ3n) is 4.21. The molecule has 0 bridgehead atoms. The van der Waals surface area contributed by atoms with Gasteiger partial charge in [0.05, 0.1) is 4.90 Å². The molecule has 0 aliphatic carbocycles. The van der Waals surface area contributed by atoms with Crippen LogP contribution in [0.2, 0.25) is 0 Å². The number of unbranched alkanes of at least 4 members (excludes halogenated alkanes) is 1. The number of sulfonamides is 1. The Morgan fingerprint density at radius 3 is 2.48 bits per heavy atom. The zero-order valence-corrected chi connectivity index (χ0v) is 14.5. The molecule has 1 saturated heterocycles. The van der Waals surface area contributed by atoms with E-state index in [0.29, 0.717) is 6.54 Å². The van der Waals surface area contributed by atoms with E-state index in [1.165, 1.54) is 18.2 Å². The third-order valence-corrected chi connectivity index (χ3v) is 5.67. The summed E-state index contributed by atoms with van der Waals surface area (Å²) in [6.45, 7) is 9.07. The maximum Gasteiger partial charge on any atom is 0.240 e. The van der Waals surface area contributed by atoms with E-state index in [4.69, 9.17) is 0 Å². The van der Waals surface area contributed by atoms with E-state index in [9.17, 15) is 12.8 Å². The van der Waals surface area contributed by atoms with E-state index in [-0.39, 0.29) is 4.90 Å². The van der Waals surface area contributed by atoms with Crippen molar-refractivity contribution in [2.45, 2.75) is 24.7 Å². The second kappa shape index (κ2) is 8.73. The van der Waals surface area contributed by atoms with E-state index in [2.05, 4.69) is 21.4 Å². The maximum atomic E-state index is 13.1. The molecule has 1 aromatic carbocycles.